The zero-order valence-electron chi connectivity index (χ0n) is 14.1. The van der Waals surface area contributed by atoms with Gasteiger partial charge in [0.15, 0.2) is 0 Å². The number of halogens is 3. The zero-order valence-corrected chi connectivity index (χ0v) is 14.1. The molecule has 0 bridgehead atoms. The minimum Gasteiger partial charge on any atom is -0.434 e. The Balaban J connectivity index is 2.39. The minimum absolute atomic E-state index is 0.0132. The quantitative estimate of drug-likeness (QED) is 0.833. The third-order valence-corrected chi connectivity index (χ3v) is 4.35. The second-order valence-electron chi connectivity index (χ2n) is 6.54. The number of ether oxygens (including phenoxy) is 1. The van der Waals surface area contributed by atoms with Gasteiger partial charge >= 0.3 is 13.7 Å². The Morgan fingerprint density at radius 3 is 2.33 bits per heavy atom. The summed E-state index contributed by atoms with van der Waals surface area (Å²) in [5.41, 5.74) is 4.86. The van der Waals surface area contributed by atoms with E-state index in [1.165, 1.54) is 18.2 Å². The third kappa shape index (κ3) is 3.76. The molecule has 1 fully saturated rings. The summed E-state index contributed by atoms with van der Waals surface area (Å²) in [6, 6.07) is 3.71. The summed E-state index contributed by atoms with van der Waals surface area (Å²) in [7, 11) is -0.793. The van der Waals surface area contributed by atoms with Gasteiger partial charge in [-0.2, -0.15) is 8.78 Å². The second kappa shape index (κ2) is 6.78. The van der Waals surface area contributed by atoms with E-state index in [9.17, 15) is 13.2 Å². The average Bonchev–Trinajstić information content (AvgIpc) is 2.66. The number of alkyl halides is 2. The van der Waals surface area contributed by atoms with Crippen LogP contribution in [0.3, 0.4) is 0 Å². The second-order valence-corrected chi connectivity index (χ2v) is 6.54. The van der Waals surface area contributed by atoms with E-state index in [0.717, 1.165) is 6.07 Å². The number of hydrogen-bond donors (Lipinski definition) is 1. The highest BCUT2D eigenvalue weighted by molar-refractivity contribution is 6.55. The molecule has 0 aliphatic carbocycles. The van der Waals surface area contributed by atoms with Crippen LogP contribution in [0.5, 0.6) is 5.75 Å². The van der Waals surface area contributed by atoms with Gasteiger partial charge in [-0.05, 0) is 45.3 Å². The maximum absolute atomic E-state index is 14.1. The van der Waals surface area contributed by atoms with Crippen molar-refractivity contribution in [2.75, 3.05) is 6.54 Å². The zero-order chi connectivity index (χ0) is 18.1. The summed E-state index contributed by atoms with van der Waals surface area (Å²) in [5, 5.41) is 0. The lowest BCUT2D eigenvalue weighted by molar-refractivity contribution is -0.0501. The van der Waals surface area contributed by atoms with Crippen molar-refractivity contribution >= 4 is 13.2 Å². The molecule has 1 aliphatic heterocycles. The van der Waals surface area contributed by atoms with Crippen molar-refractivity contribution in [3.63, 3.8) is 0 Å². The molecule has 2 N–H and O–H groups in total. The lowest BCUT2D eigenvalue weighted by Crippen LogP contribution is -2.41. The van der Waals surface area contributed by atoms with Gasteiger partial charge in [-0.15, -0.1) is 0 Å². The number of rotatable bonds is 5. The molecule has 0 saturated carbocycles. The first-order valence-corrected chi connectivity index (χ1v) is 7.57. The van der Waals surface area contributed by atoms with Crippen LogP contribution < -0.4 is 10.5 Å². The van der Waals surface area contributed by atoms with Crippen molar-refractivity contribution in [2.24, 2.45) is 5.73 Å². The van der Waals surface area contributed by atoms with Crippen LogP contribution in [0.4, 0.5) is 13.2 Å². The smallest absolute Gasteiger partial charge is 0.434 e. The molecule has 132 valence electrons. The van der Waals surface area contributed by atoms with Gasteiger partial charge in [-0.3, -0.25) is 0 Å². The van der Waals surface area contributed by atoms with E-state index < -0.39 is 30.7 Å². The van der Waals surface area contributed by atoms with Crippen molar-refractivity contribution in [3.8, 4) is 5.75 Å². The molecule has 24 heavy (non-hydrogen) atoms. The largest absolute Gasteiger partial charge is 0.491 e. The Labute approximate surface area is 139 Å². The molecule has 0 spiro atoms. The monoisotopic (exact) mass is 343 g/mol. The van der Waals surface area contributed by atoms with Crippen LogP contribution in [0.1, 0.15) is 33.3 Å². The highest BCUT2D eigenvalue weighted by Gasteiger charge is 2.52. The van der Waals surface area contributed by atoms with Gasteiger partial charge in [-0.1, -0.05) is 12.1 Å². The molecule has 8 heteroatoms. The van der Waals surface area contributed by atoms with E-state index >= 15 is 0 Å². The molecule has 1 aromatic rings. The Morgan fingerprint density at radius 1 is 1.25 bits per heavy atom. The molecule has 4 nitrogen and oxygen atoms in total. The van der Waals surface area contributed by atoms with Gasteiger partial charge < -0.3 is 19.8 Å². The molecule has 1 heterocycles. The maximum Gasteiger partial charge on any atom is 0.491 e. The Hall–Kier alpha value is -1.51. The SMILES string of the molecule is CC1(C)OB(C(=Cc2c(F)cccc2OC(F)F)CN)OC1(C)C. The Kier molecular flexibility index (Phi) is 5.32. The molecule has 2 rings (SSSR count). The molecule has 0 amide bonds. The summed E-state index contributed by atoms with van der Waals surface area (Å²) < 4.78 is 55.2. The number of hydrogen-bond acceptors (Lipinski definition) is 4. The van der Waals surface area contributed by atoms with E-state index in [2.05, 4.69) is 4.74 Å². The van der Waals surface area contributed by atoms with Crippen molar-refractivity contribution in [2.45, 2.75) is 45.5 Å². The standard InChI is InChI=1S/C16H21BF3NO3/c1-15(2)16(3,4)24-17(23-15)10(9-21)8-11-12(18)6-5-7-13(11)22-14(19)20/h5-8,14H,9,21H2,1-4H3. The first-order chi connectivity index (χ1) is 11.1. The van der Waals surface area contributed by atoms with E-state index in [4.69, 9.17) is 15.0 Å². The predicted molar refractivity (Wildman–Crippen MR) is 86.1 cm³/mol. The van der Waals surface area contributed by atoms with Crippen LogP contribution in [0.25, 0.3) is 6.08 Å². The van der Waals surface area contributed by atoms with Gasteiger partial charge in [0.2, 0.25) is 0 Å². The van der Waals surface area contributed by atoms with Crippen LogP contribution in [-0.2, 0) is 9.31 Å². The lowest BCUT2D eigenvalue weighted by atomic mass is 9.77. The first kappa shape index (κ1) is 18.8. The van der Waals surface area contributed by atoms with Gasteiger partial charge in [0.25, 0.3) is 0 Å². The first-order valence-electron chi connectivity index (χ1n) is 7.57. The molecular weight excluding hydrogens is 322 g/mol. The maximum atomic E-state index is 14.1. The van der Waals surface area contributed by atoms with Gasteiger partial charge in [-0.25, -0.2) is 4.39 Å². The Bertz CT molecular complexity index is 619. The molecule has 1 aliphatic rings. The summed E-state index contributed by atoms with van der Waals surface area (Å²) in [6.07, 6.45) is 1.34. The average molecular weight is 343 g/mol. The Morgan fingerprint density at radius 2 is 1.83 bits per heavy atom. The summed E-state index contributed by atoms with van der Waals surface area (Å²) in [5.74, 6) is -0.969. The van der Waals surface area contributed by atoms with Crippen LogP contribution in [0.2, 0.25) is 0 Å². The van der Waals surface area contributed by atoms with Crippen LogP contribution in [-0.4, -0.2) is 31.5 Å². The third-order valence-electron chi connectivity index (χ3n) is 4.35. The van der Waals surface area contributed by atoms with Crippen molar-refractivity contribution in [3.05, 3.63) is 35.1 Å². The minimum atomic E-state index is -3.06. The topological polar surface area (TPSA) is 53.7 Å². The van der Waals surface area contributed by atoms with Gasteiger partial charge in [0.1, 0.15) is 11.6 Å². The fraction of sp³-hybridized carbons (Fsp3) is 0.500. The van der Waals surface area contributed by atoms with E-state index in [1.54, 1.807) is 0 Å². The predicted octanol–water partition coefficient (Wildman–Crippen LogP) is 3.40. The summed E-state index contributed by atoms with van der Waals surface area (Å²) in [6.45, 7) is 4.44. The van der Waals surface area contributed by atoms with E-state index in [0.29, 0.717) is 5.47 Å². The molecule has 1 aromatic carbocycles. The fourth-order valence-corrected chi connectivity index (χ4v) is 2.26. The highest BCUT2D eigenvalue weighted by atomic mass is 19.3. The van der Waals surface area contributed by atoms with Crippen molar-refractivity contribution in [1.29, 1.82) is 0 Å². The number of benzene rings is 1. The molecule has 0 aromatic heterocycles. The molecular formula is C16H21BF3NO3. The van der Waals surface area contributed by atoms with Crippen molar-refractivity contribution in [1.82, 2.24) is 0 Å². The van der Waals surface area contributed by atoms with Crippen molar-refractivity contribution < 1.29 is 27.2 Å². The highest BCUT2D eigenvalue weighted by Crippen LogP contribution is 2.39. The number of nitrogens with two attached hydrogens (primary N) is 1. The van der Waals surface area contributed by atoms with Crippen LogP contribution >= 0.6 is 0 Å². The van der Waals surface area contributed by atoms with Gasteiger partial charge in [0, 0.05) is 6.54 Å². The molecule has 0 radical (unpaired) electrons. The lowest BCUT2D eigenvalue weighted by Gasteiger charge is -2.32. The van der Waals surface area contributed by atoms with Crippen LogP contribution in [0.15, 0.2) is 23.7 Å². The summed E-state index contributed by atoms with van der Waals surface area (Å²) >= 11 is 0. The fourth-order valence-electron chi connectivity index (χ4n) is 2.26. The van der Waals surface area contributed by atoms with Crippen LogP contribution in [0, 0.1) is 5.82 Å². The van der Waals surface area contributed by atoms with E-state index in [-0.39, 0.29) is 17.9 Å². The molecule has 0 atom stereocenters. The normalized spacial score (nSPS) is 19.9. The summed E-state index contributed by atoms with van der Waals surface area (Å²) in [4.78, 5) is 0. The molecule has 0 unspecified atom stereocenters. The van der Waals surface area contributed by atoms with E-state index in [1.807, 2.05) is 27.7 Å². The van der Waals surface area contributed by atoms with Gasteiger partial charge in [0.05, 0.1) is 16.8 Å². The molecule has 1 saturated heterocycles.